The second-order valence-electron chi connectivity index (χ2n) is 4.02. The predicted molar refractivity (Wildman–Crippen MR) is 71.5 cm³/mol. The van der Waals surface area contributed by atoms with E-state index in [-0.39, 0.29) is 5.37 Å². The molecule has 0 saturated heterocycles. The highest BCUT2D eigenvalue weighted by atomic mass is 32.2. The Hall–Kier alpha value is -1.47. The highest BCUT2D eigenvalue weighted by Gasteiger charge is 2.38. The van der Waals surface area contributed by atoms with Gasteiger partial charge in [0.1, 0.15) is 10.4 Å². The van der Waals surface area contributed by atoms with Gasteiger partial charge in [0.2, 0.25) is 5.16 Å². The summed E-state index contributed by atoms with van der Waals surface area (Å²) in [5, 5.41) is 15.1. The van der Waals surface area contributed by atoms with Crippen LogP contribution >= 0.6 is 23.5 Å². The molecule has 2 aliphatic rings. The fourth-order valence-corrected chi connectivity index (χ4v) is 4.36. The van der Waals surface area contributed by atoms with Gasteiger partial charge in [-0.1, -0.05) is 17.8 Å². The van der Waals surface area contributed by atoms with E-state index in [4.69, 9.17) is 0 Å². The van der Waals surface area contributed by atoms with Gasteiger partial charge in [0.25, 0.3) is 0 Å². The summed E-state index contributed by atoms with van der Waals surface area (Å²) in [5.74, 6) is 0.914. The molecule has 2 aromatic heterocycles. The average Bonchev–Trinajstić information content (AvgIpc) is 3.03. The van der Waals surface area contributed by atoms with Crippen molar-refractivity contribution >= 4 is 23.5 Å². The van der Waals surface area contributed by atoms with Crippen LogP contribution in [0.5, 0.6) is 0 Å². The van der Waals surface area contributed by atoms with Crippen LogP contribution in [0.4, 0.5) is 0 Å². The van der Waals surface area contributed by atoms with Crippen LogP contribution in [0.1, 0.15) is 16.8 Å². The van der Waals surface area contributed by atoms with Gasteiger partial charge in [-0.25, -0.2) is 4.68 Å². The summed E-state index contributed by atoms with van der Waals surface area (Å²) in [4.78, 5) is 4.20. The van der Waals surface area contributed by atoms with Gasteiger partial charge in [0.15, 0.2) is 5.82 Å². The van der Waals surface area contributed by atoms with Crippen LogP contribution in [0.25, 0.3) is 0 Å². The number of nitrogens with zero attached hydrogens (tertiary/aromatic N) is 5. The number of aromatic nitrogens is 4. The lowest BCUT2D eigenvalue weighted by molar-refractivity contribution is 0.617. The largest absolute Gasteiger partial charge is 0.264 e. The zero-order valence-corrected chi connectivity index (χ0v) is 11.1. The molecule has 0 amide bonds. The summed E-state index contributed by atoms with van der Waals surface area (Å²) in [7, 11) is 0. The SMILES string of the molecule is Cc1nnc2n1N1C(=CS[C@H]1c1cccnc1)S2. The number of fused-ring (bicyclic) bond motifs is 3. The van der Waals surface area contributed by atoms with Crippen molar-refractivity contribution in [3.05, 3.63) is 46.4 Å². The number of hydrogen-bond donors (Lipinski definition) is 0. The Kier molecular flexibility index (Phi) is 2.18. The van der Waals surface area contributed by atoms with Gasteiger partial charge in [-0.2, -0.15) is 0 Å². The van der Waals surface area contributed by atoms with Crippen molar-refractivity contribution in [2.24, 2.45) is 0 Å². The van der Waals surface area contributed by atoms with Crippen molar-refractivity contribution in [1.29, 1.82) is 0 Å². The molecule has 1 atom stereocenters. The molecule has 0 fully saturated rings. The van der Waals surface area contributed by atoms with E-state index in [1.54, 1.807) is 29.7 Å². The van der Waals surface area contributed by atoms with E-state index in [0.29, 0.717) is 0 Å². The lowest BCUT2D eigenvalue weighted by Gasteiger charge is -2.24. The van der Waals surface area contributed by atoms with E-state index in [2.05, 4.69) is 36.3 Å². The number of hydrogen-bond acceptors (Lipinski definition) is 6. The van der Waals surface area contributed by atoms with Crippen LogP contribution in [-0.2, 0) is 0 Å². The van der Waals surface area contributed by atoms with Crippen molar-refractivity contribution in [1.82, 2.24) is 19.9 Å². The van der Waals surface area contributed by atoms with Gasteiger partial charge < -0.3 is 0 Å². The fourth-order valence-electron chi connectivity index (χ4n) is 2.11. The van der Waals surface area contributed by atoms with E-state index in [0.717, 1.165) is 11.0 Å². The van der Waals surface area contributed by atoms with Gasteiger partial charge in [0.05, 0.1) is 0 Å². The lowest BCUT2D eigenvalue weighted by atomic mass is 10.3. The van der Waals surface area contributed by atoms with Crippen LogP contribution < -0.4 is 5.01 Å². The van der Waals surface area contributed by atoms with Crippen LogP contribution in [0.3, 0.4) is 0 Å². The zero-order chi connectivity index (χ0) is 12.1. The Bertz CT molecular complexity index is 636. The van der Waals surface area contributed by atoms with Crippen molar-refractivity contribution in [3.63, 3.8) is 0 Å². The molecule has 90 valence electrons. The molecule has 0 unspecified atom stereocenters. The number of thioether (sulfide) groups is 2. The predicted octanol–water partition coefficient (Wildman–Crippen LogP) is 2.27. The minimum Gasteiger partial charge on any atom is -0.264 e. The van der Waals surface area contributed by atoms with E-state index >= 15 is 0 Å². The zero-order valence-electron chi connectivity index (χ0n) is 9.52. The van der Waals surface area contributed by atoms with Gasteiger partial charge in [-0.05, 0) is 24.8 Å². The van der Waals surface area contributed by atoms with Crippen molar-refractivity contribution in [2.75, 3.05) is 5.01 Å². The first-order chi connectivity index (χ1) is 8.84. The Morgan fingerprint density at radius 1 is 1.33 bits per heavy atom. The van der Waals surface area contributed by atoms with Crippen LogP contribution in [0.2, 0.25) is 0 Å². The van der Waals surface area contributed by atoms with E-state index in [1.807, 2.05) is 19.2 Å². The molecule has 0 aromatic carbocycles. The summed E-state index contributed by atoms with van der Waals surface area (Å²) in [6.07, 6.45) is 3.71. The quantitative estimate of drug-likeness (QED) is 0.795. The Morgan fingerprint density at radius 2 is 2.28 bits per heavy atom. The fraction of sp³-hybridized carbons (Fsp3) is 0.182. The highest BCUT2D eigenvalue weighted by molar-refractivity contribution is 8.07. The maximum Gasteiger partial charge on any atom is 0.216 e. The Morgan fingerprint density at radius 3 is 3.11 bits per heavy atom. The van der Waals surface area contributed by atoms with Crippen LogP contribution in [0.15, 0.2) is 40.1 Å². The number of rotatable bonds is 1. The molecule has 0 bridgehead atoms. The summed E-state index contributed by atoms with van der Waals surface area (Å²) < 4.78 is 2.08. The third kappa shape index (κ3) is 1.34. The van der Waals surface area contributed by atoms with E-state index in [9.17, 15) is 0 Å². The van der Waals surface area contributed by atoms with Gasteiger partial charge in [0, 0.05) is 23.4 Å². The maximum absolute atomic E-state index is 4.20. The molecule has 4 rings (SSSR count). The minimum atomic E-state index is 0.220. The molecular formula is C11H9N5S2. The van der Waals surface area contributed by atoms with Crippen LogP contribution in [-0.4, -0.2) is 19.9 Å². The summed E-state index contributed by atoms with van der Waals surface area (Å²) in [6, 6.07) is 4.07. The van der Waals surface area contributed by atoms with E-state index < -0.39 is 0 Å². The summed E-state index contributed by atoms with van der Waals surface area (Å²) in [6.45, 7) is 1.98. The van der Waals surface area contributed by atoms with Crippen molar-refractivity contribution in [2.45, 2.75) is 17.5 Å². The molecule has 0 spiro atoms. The smallest absolute Gasteiger partial charge is 0.216 e. The Labute approximate surface area is 112 Å². The molecule has 4 heterocycles. The first-order valence-corrected chi connectivity index (χ1v) is 7.25. The second kappa shape index (κ2) is 3.76. The lowest BCUT2D eigenvalue weighted by Crippen LogP contribution is -2.30. The van der Waals surface area contributed by atoms with Crippen molar-refractivity contribution < 1.29 is 0 Å². The topological polar surface area (TPSA) is 46.8 Å². The first-order valence-electron chi connectivity index (χ1n) is 5.49. The van der Waals surface area contributed by atoms with Gasteiger partial charge in [-0.15, -0.1) is 10.2 Å². The molecule has 2 aromatic rings. The molecule has 5 nitrogen and oxygen atoms in total. The normalized spacial score (nSPS) is 20.8. The highest BCUT2D eigenvalue weighted by Crippen LogP contribution is 2.50. The third-order valence-electron chi connectivity index (χ3n) is 2.89. The minimum absolute atomic E-state index is 0.220. The second-order valence-corrected chi connectivity index (χ2v) is 5.96. The molecule has 7 heteroatoms. The molecule has 18 heavy (non-hydrogen) atoms. The first kappa shape index (κ1) is 10.5. The Balaban J connectivity index is 1.81. The summed E-state index contributed by atoms with van der Waals surface area (Å²) in [5.41, 5.74) is 1.19. The molecule has 0 N–H and O–H groups in total. The molecule has 0 radical (unpaired) electrons. The monoisotopic (exact) mass is 275 g/mol. The molecular weight excluding hydrogens is 266 g/mol. The maximum atomic E-state index is 4.20. The average molecular weight is 275 g/mol. The van der Waals surface area contributed by atoms with Crippen LogP contribution in [0, 0.1) is 6.92 Å². The van der Waals surface area contributed by atoms with E-state index in [1.165, 1.54) is 10.6 Å². The summed E-state index contributed by atoms with van der Waals surface area (Å²) >= 11 is 3.45. The third-order valence-corrected chi connectivity index (χ3v) is 5.08. The molecule has 2 aliphatic heterocycles. The standard InChI is InChI=1S/C11H9N5S2/c1-7-13-14-11-15(7)16-9(18-11)6-17-10(16)8-3-2-4-12-5-8/h2-6,10H,1H3/t10-/m0/s1. The number of aryl methyl sites for hydroxylation is 1. The molecule has 0 saturated carbocycles. The van der Waals surface area contributed by atoms with Gasteiger partial charge >= 0.3 is 0 Å². The number of pyridine rings is 1. The van der Waals surface area contributed by atoms with Gasteiger partial charge in [-0.3, -0.25) is 9.99 Å². The van der Waals surface area contributed by atoms with Crippen molar-refractivity contribution in [3.8, 4) is 0 Å². The molecule has 0 aliphatic carbocycles.